The monoisotopic (exact) mass is 336 g/mol. The number of carbonyl (C=O) groups is 1. The molecule has 0 aliphatic heterocycles. The number of hydrogen-bond donors (Lipinski definition) is 2. The maximum absolute atomic E-state index is 12.7. The van der Waals surface area contributed by atoms with Crippen LogP contribution in [-0.4, -0.2) is 51.9 Å². The molecule has 0 spiro atoms. The Morgan fingerprint density at radius 1 is 1.17 bits per heavy atom. The average Bonchev–Trinajstić information content (AvgIpc) is 2.81. The second-order valence-electron chi connectivity index (χ2n) is 5.34. The van der Waals surface area contributed by atoms with Crippen molar-refractivity contribution in [1.29, 1.82) is 0 Å². The van der Waals surface area contributed by atoms with Crippen LogP contribution in [0.5, 0.6) is 0 Å². The topological polar surface area (TPSA) is 65.7 Å². The van der Waals surface area contributed by atoms with Crippen LogP contribution in [-0.2, 0) is 0 Å². The molecule has 0 saturated carbocycles. The van der Waals surface area contributed by atoms with Gasteiger partial charge in [-0.25, -0.2) is 0 Å². The summed E-state index contributed by atoms with van der Waals surface area (Å²) < 4.78 is 1.97. The first-order valence-corrected chi connectivity index (χ1v) is 7.83. The van der Waals surface area contributed by atoms with Crippen LogP contribution in [0.15, 0.2) is 30.3 Å². The van der Waals surface area contributed by atoms with Gasteiger partial charge in [-0.15, -0.1) is 0 Å². The SMILES string of the molecule is Cc1cc(C(=O)N(CCO)CCO)c(C)n1-c1cccc(Cl)c1. The highest BCUT2D eigenvalue weighted by molar-refractivity contribution is 6.30. The number of halogens is 1. The van der Waals surface area contributed by atoms with E-state index in [0.29, 0.717) is 10.6 Å². The highest BCUT2D eigenvalue weighted by Gasteiger charge is 2.21. The third kappa shape index (κ3) is 3.75. The lowest BCUT2D eigenvalue weighted by Crippen LogP contribution is -2.36. The van der Waals surface area contributed by atoms with Gasteiger partial charge in [-0.2, -0.15) is 0 Å². The van der Waals surface area contributed by atoms with Crippen molar-refractivity contribution < 1.29 is 15.0 Å². The predicted octanol–water partition coefficient (Wildman–Crippen LogP) is 2.17. The summed E-state index contributed by atoms with van der Waals surface area (Å²) in [6.45, 7) is 3.91. The van der Waals surface area contributed by atoms with Crippen molar-refractivity contribution in [2.45, 2.75) is 13.8 Å². The first-order chi connectivity index (χ1) is 11.0. The van der Waals surface area contributed by atoms with Crippen molar-refractivity contribution in [2.24, 2.45) is 0 Å². The Kier molecular flexibility index (Phi) is 5.82. The average molecular weight is 337 g/mol. The molecule has 0 radical (unpaired) electrons. The van der Waals surface area contributed by atoms with Crippen molar-refractivity contribution in [2.75, 3.05) is 26.3 Å². The number of aryl methyl sites for hydroxylation is 1. The minimum Gasteiger partial charge on any atom is -0.395 e. The van der Waals surface area contributed by atoms with E-state index < -0.39 is 0 Å². The summed E-state index contributed by atoms with van der Waals surface area (Å²) in [5.74, 6) is -0.200. The Balaban J connectivity index is 2.42. The van der Waals surface area contributed by atoms with E-state index in [0.717, 1.165) is 17.1 Å². The van der Waals surface area contributed by atoms with E-state index >= 15 is 0 Å². The molecule has 0 aliphatic carbocycles. The number of nitrogens with zero attached hydrogens (tertiary/aromatic N) is 2. The van der Waals surface area contributed by atoms with Gasteiger partial charge >= 0.3 is 0 Å². The quantitative estimate of drug-likeness (QED) is 0.849. The van der Waals surface area contributed by atoms with Crippen LogP contribution in [0, 0.1) is 13.8 Å². The van der Waals surface area contributed by atoms with Crippen LogP contribution in [0.25, 0.3) is 5.69 Å². The van der Waals surface area contributed by atoms with Crippen LogP contribution < -0.4 is 0 Å². The third-order valence-electron chi connectivity index (χ3n) is 3.75. The lowest BCUT2D eigenvalue weighted by atomic mass is 10.2. The van der Waals surface area contributed by atoms with Crippen LogP contribution in [0.3, 0.4) is 0 Å². The molecule has 0 atom stereocenters. The molecule has 23 heavy (non-hydrogen) atoms. The molecule has 1 heterocycles. The van der Waals surface area contributed by atoms with Crippen LogP contribution in [0.2, 0.25) is 5.02 Å². The summed E-state index contributed by atoms with van der Waals surface area (Å²) in [5, 5.41) is 18.8. The van der Waals surface area contributed by atoms with Crippen molar-refractivity contribution >= 4 is 17.5 Å². The van der Waals surface area contributed by atoms with E-state index in [4.69, 9.17) is 21.8 Å². The van der Waals surface area contributed by atoms with Crippen molar-refractivity contribution in [1.82, 2.24) is 9.47 Å². The normalized spacial score (nSPS) is 10.8. The Bertz CT molecular complexity index is 691. The Labute approximate surface area is 140 Å². The second kappa shape index (κ2) is 7.64. The summed E-state index contributed by atoms with van der Waals surface area (Å²) in [6, 6.07) is 9.26. The maximum Gasteiger partial charge on any atom is 0.255 e. The molecule has 1 aromatic heterocycles. The molecule has 6 heteroatoms. The summed E-state index contributed by atoms with van der Waals surface area (Å²) in [6.07, 6.45) is 0. The molecule has 0 unspecified atom stereocenters. The Morgan fingerprint density at radius 3 is 2.39 bits per heavy atom. The van der Waals surface area contributed by atoms with E-state index in [1.165, 1.54) is 4.90 Å². The Hall–Kier alpha value is -1.82. The van der Waals surface area contributed by atoms with Gasteiger partial charge in [-0.05, 0) is 38.1 Å². The first-order valence-electron chi connectivity index (χ1n) is 7.45. The van der Waals surface area contributed by atoms with Gasteiger partial charge in [0.1, 0.15) is 0 Å². The van der Waals surface area contributed by atoms with Gasteiger partial charge < -0.3 is 19.7 Å². The summed E-state index contributed by atoms with van der Waals surface area (Å²) in [7, 11) is 0. The molecule has 1 aromatic carbocycles. The van der Waals surface area contributed by atoms with Gasteiger partial charge in [0.2, 0.25) is 0 Å². The van der Waals surface area contributed by atoms with Gasteiger partial charge in [0.15, 0.2) is 0 Å². The highest BCUT2D eigenvalue weighted by atomic mass is 35.5. The number of benzene rings is 1. The molecule has 0 aliphatic rings. The van der Waals surface area contributed by atoms with Crippen molar-refractivity contribution in [3.8, 4) is 5.69 Å². The largest absolute Gasteiger partial charge is 0.395 e. The lowest BCUT2D eigenvalue weighted by molar-refractivity contribution is 0.0684. The zero-order valence-corrected chi connectivity index (χ0v) is 14.0. The highest BCUT2D eigenvalue weighted by Crippen LogP contribution is 2.23. The molecule has 2 rings (SSSR count). The minimum atomic E-state index is -0.200. The predicted molar refractivity (Wildman–Crippen MR) is 90.3 cm³/mol. The fourth-order valence-electron chi connectivity index (χ4n) is 2.72. The molecule has 0 fully saturated rings. The molecular formula is C17H21ClN2O3. The number of aliphatic hydroxyl groups is 2. The molecular weight excluding hydrogens is 316 g/mol. The number of hydrogen-bond acceptors (Lipinski definition) is 3. The summed E-state index contributed by atoms with van der Waals surface area (Å²) in [4.78, 5) is 14.1. The van der Waals surface area contributed by atoms with E-state index in [1.807, 2.05) is 42.7 Å². The number of rotatable bonds is 6. The lowest BCUT2D eigenvalue weighted by Gasteiger charge is -2.20. The molecule has 2 N–H and O–H groups in total. The van der Waals surface area contributed by atoms with E-state index in [-0.39, 0.29) is 32.2 Å². The third-order valence-corrected chi connectivity index (χ3v) is 3.99. The van der Waals surface area contributed by atoms with Crippen LogP contribution in [0.1, 0.15) is 21.7 Å². The fraction of sp³-hybridized carbons (Fsp3) is 0.353. The van der Waals surface area contributed by atoms with Crippen molar-refractivity contribution in [3.63, 3.8) is 0 Å². The molecule has 0 bridgehead atoms. The van der Waals surface area contributed by atoms with Gasteiger partial charge in [-0.3, -0.25) is 4.79 Å². The van der Waals surface area contributed by atoms with E-state index in [2.05, 4.69) is 0 Å². The standard InChI is InChI=1S/C17H21ClN2O3/c1-12-10-16(17(23)19(6-8-21)7-9-22)13(2)20(12)15-5-3-4-14(18)11-15/h3-5,10-11,21-22H,6-9H2,1-2H3. The molecule has 5 nitrogen and oxygen atoms in total. The van der Waals surface area contributed by atoms with Gasteiger partial charge in [0.25, 0.3) is 5.91 Å². The number of amides is 1. The summed E-state index contributed by atoms with van der Waals surface area (Å²) in [5.41, 5.74) is 3.17. The van der Waals surface area contributed by atoms with Gasteiger partial charge in [0, 0.05) is 35.2 Å². The van der Waals surface area contributed by atoms with Crippen LogP contribution >= 0.6 is 11.6 Å². The van der Waals surface area contributed by atoms with E-state index in [1.54, 1.807) is 6.07 Å². The number of carbonyl (C=O) groups excluding carboxylic acids is 1. The minimum absolute atomic E-state index is 0.140. The number of aliphatic hydroxyl groups excluding tert-OH is 2. The van der Waals surface area contributed by atoms with Gasteiger partial charge in [-0.1, -0.05) is 17.7 Å². The van der Waals surface area contributed by atoms with Crippen LogP contribution in [0.4, 0.5) is 0 Å². The van der Waals surface area contributed by atoms with Crippen molar-refractivity contribution in [3.05, 3.63) is 52.3 Å². The molecule has 2 aromatic rings. The first kappa shape index (κ1) is 17.5. The van der Waals surface area contributed by atoms with E-state index in [9.17, 15) is 4.79 Å². The second-order valence-corrected chi connectivity index (χ2v) is 5.78. The molecule has 124 valence electrons. The summed E-state index contributed by atoms with van der Waals surface area (Å²) >= 11 is 6.06. The fourth-order valence-corrected chi connectivity index (χ4v) is 2.90. The van der Waals surface area contributed by atoms with Gasteiger partial charge in [0.05, 0.1) is 18.8 Å². The Morgan fingerprint density at radius 2 is 1.83 bits per heavy atom. The molecule has 1 amide bonds. The zero-order valence-electron chi connectivity index (χ0n) is 13.3. The maximum atomic E-state index is 12.7. The number of aromatic nitrogens is 1. The molecule has 0 saturated heterocycles. The zero-order chi connectivity index (χ0) is 17.0. The smallest absolute Gasteiger partial charge is 0.255 e.